The minimum Gasteiger partial charge on any atom is -0.861 e. The van der Waals surface area contributed by atoms with Gasteiger partial charge >= 0.3 is 5.88 Å². The molecule has 3 aromatic rings. The molecule has 1 fully saturated rings. The van der Waals surface area contributed by atoms with Crippen LogP contribution in [0.2, 0.25) is 0 Å². The van der Waals surface area contributed by atoms with Crippen molar-refractivity contribution in [1.29, 1.82) is 0 Å². The van der Waals surface area contributed by atoms with Gasteiger partial charge in [-0.15, -0.1) is 11.3 Å². The molecule has 0 unspecified atom stereocenters. The van der Waals surface area contributed by atoms with E-state index in [-0.39, 0.29) is 17.5 Å². The van der Waals surface area contributed by atoms with E-state index < -0.39 is 0 Å². The highest BCUT2D eigenvalue weighted by Gasteiger charge is 2.22. The molecule has 0 N–H and O–H groups in total. The van der Waals surface area contributed by atoms with E-state index in [1.54, 1.807) is 11.0 Å². The molecule has 9 heteroatoms. The number of piperidine rings is 1. The predicted octanol–water partition coefficient (Wildman–Crippen LogP) is 2.39. The van der Waals surface area contributed by atoms with Gasteiger partial charge in [0.15, 0.2) is 4.34 Å². The molecule has 1 aliphatic rings. The van der Waals surface area contributed by atoms with Crippen LogP contribution < -0.4 is 14.9 Å². The Morgan fingerprint density at radius 1 is 1.26 bits per heavy atom. The highest BCUT2D eigenvalue weighted by atomic mass is 32.2. The fraction of sp³-hybridized carbons (Fsp3) is 0.333. The molecule has 27 heavy (non-hydrogen) atoms. The van der Waals surface area contributed by atoms with E-state index in [9.17, 15) is 5.11 Å². The summed E-state index contributed by atoms with van der Waals surface area (Å²) < 4.78 is 6.01. The summed E-state index contributed by atoms with van der Waals surface area (Å²) in [6, 6.07) is 9.98. The Hall–Kier alpha value is -2.39. The van der Waals surface area contributed by atoms with Gasteiger partial charge in [0, 0.05) is 16.7 Å². The lowest BCUT2D eigenvalue weighted by Crippen LogP contribution is -2.60. The Bertz CT molecular complexity index is 903. The fourth-order valence-corrected chi connectivity index (χ4v) is 4.46. The first-order valence-electron chi connectivity index (χ1n) is 8.80. The van der Waals surface area contributed by atoms with Gasteiger partial charge in [-0.05, 0) is 25.2 Å². The molecule has 0 saturated carbocycles. The zero-order valence-electron chi connectivity index (χ0n) is 14.7. The van der Waals surface area contributed by atoms with Gasteiger partial charge in [0.1, 0.15) is 0 Å². The van der Waals surface area contributed by atoms with Crippen LogP contribution in [-0.2, 0) is 0 Å². The second-order valence-electron chi connectivity index (χ2n) is 6.13. The first-order valence-corrected chi connectivity index (χ1v) is 10.7. The lowest BCUT2D eigenvalue weighted by molar-refractivity contribution is -0.759. The zero-order chi connectivity index (χ0) is 18.5. The number of rotatable bonds is 6. The molecular weight excluding hydrogens is 382 g/mol. The SMILES string of the molecule is [O-]/C(CSc1nc(-c2ccccc2)cs1)=N\c1c[n+](N2CCCCC2)no1. The summed E-state index contributed by atoms with van der Waals surface area (Å²) in [7, 11) is 0. The normalized spacial score (nSPS) is 15.3. The summed E-state index contributed by atoms with van der Waals surface area (Å²) in [5.74, 6) is 0.181. The van der Waals surface area contributed by atoms with Crippen LogP contribution in [0, 0.1) is 0 Å². The van der Waals surface area contributed by atoms with E-state index in [0.29, 0.717) is 0 Å². The Morgan fingerprint density at radius 3 is 2.89 bits per heavy atom. The summed E-state index contributed by atoms with van der Waals surface area (Å²) in [5, 5.41) is 20.2. The Kier molecular flexibility index (Phi) is 5.69. The van der Waals surface area contributed by atoms with Crippen molar-refractivity contribution >= 4 is 34.9 Å². The highest BCUT2D eigenvalue weighted by molar-refractivity contribution is 8.01. The number of aromatic nitrogens is 3. The molecule has 1 aliphatic heterocycles. The molecule has 4 rings (SSSR count). The Morgan fingerprint density at radius 2 is 2.07 bits per heavy atom. The monoisotopic (exact) mass is 401 g/mol. The van der Waals surface area contributed by atoms with Crippen molar-refractivity contribution < 1.29 is 14.4 Å². The minimum absolute atomic E-state index is 0.214. The lowest BCUT2D eigenvalue weighted by atomic mass is 10.2. The molecular formula is C18H19N5O2S2. The summed E-state index contributed by atoms with van der Waals surface area (Å²) in [4.78, 5) is 10.2. The quantitative estimate of drug-likeness (QED) is 0.273. The number of aliphatic imine (C=N–C) groups is 1. The first kappa shape index (κ1) is 18.0. The standard InChI is InChI=1S/C18H19N5O2S2/c24-16(20-17-11-23(21-25-17)22-9-5-2-6-10-22)13-27-18-19-15(12-26-18)14-7-3-1-4-8-14/h1,3-4,7-8,11-12H,2,5-6,9-10,13H2. The molecule has 0 atom stereocenters. The molecule has 1 saturated heterocycles. The average molecular weight is 402 g/mol. The van der Waals surface area contributed by atoms with E-state index in [4.69, 9.17) is 4.52 Å². The Labute approximate surface area is 165 Å². The van der Waals surface area contributed by atoms with Gasteiger partial charge in [-0.1, -0.05) is 42.1 Å². The summed E-state index contributed by atoms with van der Waals surface area (Å²) in [6.45, 7) is 1.88. The molecule has 2 aromatic heterocycles. The summed E-state index contributed by atoms with van der Waals surface area (Å²) >= 11 is 2.91. The van der Waals surface area contributed by atoms with E-state index >= 15 is 0 Å². The van der Waals surface area contributed by atoms with Crippen LogP contribution in [0.15, 0.2) is 55.8 Å². The number of nitrogens with zero attached hydrogens (tertiary/aromatic N) is 5. The van der Waals surface area contributed by atoms with Crippen molar-refractivity contribution in [3.05, 3.63) is 41.9 Å². The number of hydrogen-bond acceptors (Lipinski definition) is 8. The third kappa shape index (κ3) is 4.67. The third-order valence-corrected chi connectivity index (χ3v) is 6.18. The van der Waals surface area contributed by atoms with Gasteiger partial charge in [-0.2, -0.15) is 5.01 Å². The molecule has 0 radical (unpaired) electrons. The molecule has 0 spiro atoms. The van der Waals surface area contributed by atoms with Gasteiger partial charge in [0.2, 0.25) is 5.27 Å². The van der Waals surface area contributed by atoms with Crippen LogP contribution in [0.5, 0.6) is 0 Å². The fourth-order valence-electron chi connectivity index (χ4n) is 2.84. The maximum Gasteiger partial charge on any atom is 0.324 e. The third-order valence-electron chi connectivity index (χ3n) is 4.17. The second-order valence-corrected chi connectivity index (χ2v) is 8.21. The topological polar surface area (TPSA) is 81.5 Å². The van der Waals surface area contributed by atoms with Crippen molar-refractivity contribution in [2.24, 2.45) is 4.99 Å². The zero-order valence-corrected chi connectivity index (χ0v) is 16.3. The smallest absolute Gasteiger partial charge is 0.324 e. The average Bonchev–Trinajstić information content (AvgIpc) is 3.37. The minimum atomic E-state index is -0.265. The van der Waals surface area contributed by atoms with Gasteiger partial charge in [0.05, 0.1) is 23.6 Å². The van der Waals surface area contributed by atoms with Crippen molar-refractivity contribution in [3.63, 3.8) is 0 Å². The summed E-state index contributed by atoms with van der Waals surface area (Å²) in [6.07, 6.45) is 5.18. The molecule has 7 nitrogen and oxygen atoms in total. The predicted molar refractivity (Wildman–Crippen MR) is 104 cm³/mol. The van der Waals surface area contributed by atoms with Crippen LogP contribution in [0.25, 0.3) is 11.3 Å². The van der Waals surface area contributed by atoms with Crippen molar-refractivity contribution in [2.75, 3.05) is 23.9 Å². The lowest BCUT2D eigenvalue weighted by Gasteiger charge is -2.17. The van der Waals surface area contributed by atoms with E-state index in [0.717, 1.165) is 41.5 Å². The van der Waals surface area contributed by atoms with Crippen LogP contribution in [0.1, 0.15) is 19.3 Å². The van der Waals surface area contributed by atoms with Crippen LogP contribution >= 0.6 is 23.1 Å². The number of hydrogen-bond donors (Lipinski definition) is 0. The number of thioether (sulfide) groups is 1. The molecule has 3 heterocycles. The maximum atomic E-state index is 12.1. The molecule has 1 aromatic carbocycles. The van der Waals surface area contributed by atoms with E-state index in [1.807, 2.05) is 35.7 Å². The van der Waals surface area contributed by atoms with Gasteiger partial charge < -0.3 is 5.11 Å². The molecule has 0 aliphatic carbocycles. The molecule has 140 valence electrons. The van der Waals surface area contributed by atoms with Crippen LogP contribution in [0.3, 0.4) is 0 Å². The van der Waals surface area contributed by atoms with Crippen LogP contribution in [-0.4, -0.2) is 35.0 Å². The highest BCUT2D eigenvalue weighted by Crippen LogP contribution is 2.28. The maximum absolute atomic E-state index is 12.1. The van der Waals surface area contributed by atoms with Crippen molar-refractivity contribution in [3.8, 4) is 11.3 Å². The second kappa shape index (κ2) is 8.53. The van der Waals surface area contributed by atoms with Crippen molar-refractivity contribution in [2.45, 2.75) is 23.6 Å². The van der Waals surface area contributed by atoms with Gasteiger partial charge in [-0.3, -0.25) is 4.52 Å². The first-order chi connectivity index (χ1) is 13.3. The van der Waals surface area contributed by atoms with Gasteiger partial charge in [-0.25, -0.2) is 9.98 Å². The van der Waals surface area contributed by atoms with E-state index in [2.05, 4.69) is 20.3 Å². The van der Waals surface area contributed by atoms with E-state index in [1.165, 1.54) is 29.5 Å². The van der Waals surface area contributed by atoms with Gasteiger partial charge in [0.25, 0.3) is 6.20 Å². The Balaban J connectivity index is 1.35. The largest absolute Gasteiger partial charge is 0.861 e. The van der Waals surface area contributed by atoms with Crippen molar-refractivity contribution in [1.82, 2.24) is 10.3 Å². The van der Waals surface area contributed by atoms with Crippen LogP contribution in [0.4, 0.5) is 5.88 Å². The molecule has 0 bridgehead atoms. The number of benzene rings is 1. The molecule has 0 amide bonds. The summed E-state index contributed by atoms with van der Waals surface area (Å²) in [5.41, 5.74) is 1.99. The number of thiazole rings is 1.